The molecule has 7 aliphatic rings. The van der Waals surface area contributed by atoms with Crippen molar-refractivity contribution in [3.05, 3.63) is 111 Å². The van der Waals surface area contributed by atoms with Crippen LogP contribution in [0, 0.1) is 34.8 Å². The van der Waals surface area contributed by atoms with Crippen molar-refractivity contribution in [2.75, 3.05) is 85.1 Å². The SMILES string of the molecule is CC(C)(C)C(=O)N1CCC[C@@H](c2cccc(C(=O)N[C@@H](C(=O)N3CC4CCC3CC4CN3CCN(CC(=O)N4CCN(C(=O)c5cc(Cc6n[nH]c(=O)c7ccccc67)ccc5F)CC4)CC3)C3CCCCC3)c2F)C1. The second-order valence-electron chi connectivity index (χ2n) is 23.7. The largest absolute Gasteiger partial charge is 0.342 e. The number of benzene rings is 3. The molecule has 15 nitrogen and oxygen atoms in total. The molecule has 3 aromatic carbocycles. The van der Waals surface area contributed by atoms with Crippen LogP contribution in [-0.2, 0) is 20.8 Å². The quantitative estimate of drug-likeness (QED) is 0.163. The zero-order valence-corrected chi connectivity index (χ0v) is 44.5. The van der Waals surface area contributed by atoms with Crippen molar-refractivity contribution < 1.29 is 32.8 Å². The third-order valence-electron chi connectivity index (χ3n) is 17.6. The van der Waals surface area contributed by atoms with Crippen molar-refractivity contribution in [3.8, 4) is 0 Å². The monoisotopic (exact) mass is 1040 g/mol. The molecule has 0 radical (unpaired) electrons. The summed E-state index contributed by atoms with van der Waals surface area (Å²) in [6, 6.07) is 16.0. The number of likely N-dealkylation sites (tertiary alicyclic amines) is 1. The molecule has 2 N–H and O–H groups in total. The lowest BCUT2D eigenvalue weighted by molar-refractivity contribution is -0.145. The highest BCUT2D eigenvalue weighted by Crippen LogP contribution is 2.41. The standard InChI is InChI=1S/C59H75F2N9O6/c1-59(2,3)58(76)69-22-10-13-41(35-69)44-16-9-17-47(52(44)61)54(72)62-53(39-11-5-4-6-12-39)57(75)70-36-40-19-20-43(70)33-42(40)34-65-23-25-66(26-24-65)37-51(71)67-27-29-68(30-28-67)56(74)48-31-38(18-21-49(48)60)32-50-45-14-7-8-15-46(45)55(73)64-63-50/h7-9,14-18,21,31,39-43,53H,4-6,10-13,19-20,22-30,32-37H2,1-3H3,(H,62,72)(H,64,73)/t40?,41-,42?,43?,53-/m1/s1. The zero-order valence-electron chi connectivity index (χ0n) is 44.5. The molecule has 3 unspecified atom stereocenters. The maximum atomic E-state index is 16.5. The number of hydrogen-bond acceptors (Lipinski definition) is 9. The minimum atomic E-state index is -0.723. The number of hydrogen-bond donors (Lipinski definition) is 2. The number of nitrogens with zero attached hydrogens (tertiary/aromatic N) is 7. The average molecular weight is 1040 g/mol. The number of halogens is 2. The van der Waals surface area contributed by atoms with Crippen LogP contribution in [0.1, 0.15) is 128 Å². The summed E-state index contributed by atoms with van der Waals surface area (Å²) in [5.74, 6) is -1.57. The topological polar surface area (TPSA) is 163 Å². The van der Waals surface area contributed by atoms with Gasteiger partial charge in [-0.25, -0.2) is 13.9 Å². The third kappa shape index (κ3) is 11.6. The Bertz CT molecular complexity index is 2870. The predicted molar refractivity (Wildman–Crippen MR) is 286 cm³/mol. The van der Waals surface area contributed by atoms with E-state index in [4.69, 9.17) is 0 Å². The molecule has 0 spiro atoms. The number of fused-ring (bicyclic) bond motifs is 4. The number of carbonyl (C=O) groups excluding carboxylic acids is 5. The summed E-state index contributed by atoms with van der Waals surface area (Å²) in [4.78, 5) is 93.6. The Morgan fingerprint density at radius 1 is 0.737 bits per heavy atom. The van der Waals surface area contributed by atoms with Crippen molar-refractivity contribution >= 4 is 40.3 Å². The van der Waals surface area contributed by atoms with E-state index in [0.29, 0.717) is 98.2 Å². The van der Waals surface area contributed by atoms with Crippen LogP contribution in [0.5, 0.6) is 0 Å². The minimum absolute atomic E-state index is 0.0118. The van der Waals surface area contributed by atoms with Crippen LogP contribution in [0.25, 0.3) is 10.8 Å². The van der Waals surface area contributed by atoms with Gasteiger partial charge in [-0.2, -0.15) is 5.10 Å². The van der Waals surface area contributed by atoms with E-state index in [9.17, 15) is 28.8 Å². The number of rotatable bonds is 12. The van der Waals surface area contributed by atoms with Gasteiger partial charge in [0, 0.05) is 108 Å². The fourth-order valence-electron chi connectivity index (χ4n) is 13.3. The van der Waals surface area contributed by atoms with Crippen LogP contribution in [-0.4, -0.2) is 166 Å². The number of carbonyl (C=O) groups is 5. The molecule has 5 saturated heterocycles. The smallest absolute Gasteiger partial charge is 0.272 e. The van der Waals surface area contributed by atoms with E-state index in [1.807, 2.05) is 42.7 Å². The maximum absolute atomic E-state index is 16.5. The summed E-state index contributed by atoms with van der Waals surface area (Å²) in [6.07, 6.45) is 9.46. The van der Waals surface area contributed by atoms with Crippen LogP contribution < -0.4 is 10.9 Å². The van der Waals surface area contributed by atoms with Gasteiger partial charge in [-0.05, 0) is 98.1 Å². The highest BCUT2D eigenvalue weighted by atomic mass is 19.1. The van der Waals surface area contributed by atoms with E-state index in [1.165, 1.54) is 12.1 Å². The number of amides is 5. The molecule has 7 fully saturated rings. The van der Waals surface area contributed by atoms with Gasteiger partial charge in [0.1, 0.15) is 17.7 Å². The molecular formula is C59H75F2N9O6. The molecule has 2 aliphatic carbocycles. The van der Waals surface area contributed by atoms with E-state index in [2.05, 4.69) is 25.3 Å². The molecule has 406 valence electrons. The van der Waals surface area contributed by atoms with Crippen molar-refractivity contribution in [2.24, 2.45) is 23.2 Å². The number of piperidine rings is 3. The fraction of sp³-hybridized carbons (Fsp3) is 0.576. The second kappa shape index (κ2) is 22.9. The van der Waals surface area contributed by atoms with Crippen LogP contribution in [0.3, 0.4) is 0 Å². The number of piperazine rings is 2. The van der Waals surface area contributed by atoms with Gasteiger partial charge in [0.2, 0.25) is 17.7 Å². The molecule has 1 aromatic heterocycles. The van der Waals surface area contributed by atoms with Crippen LogP contribution >= 0.6 is 0 Å². The molecule has 2 saturated carbocycles. The summed E-state index contributed by atoms with van der Waals surface area (Å²) in [7, 11) is 0. The van der Waals surface area contributed by atoms with E-state index in [1.54, 1.807) is 46.2 Å². The summed E-state index contributed by atoms with van der Waals surface area (Å²) in [5, 5.41) is 11.1. The first-order valence-corrected chi connectivity index (χ1v) is 28.0. The molecule has 76 heavy (non-hydrogen) atoms. The van der Waals surface area contributed by atoms with Crippen LogP contribution in [0.15, 0.2) is 65.5 Å². The average Bonchev–Trinajstić information content (AvgIpc) is 3.44. The van der Waals surface area contributed by atoms with Gasteiger partial charge in [0.25, 0.3) is 17.4 Å². The lowest BCUT2D eigenvalue weighted by atomic mass is 9.71. The van der Waals surface area contributed by atoms with Gasteiger partial charge >= 0.3 is 0 Å². The van der Waals surface area contributed by atoms with E-state index in [-0.39, 0.29) is 52.3 Å². The molecule has 5 amide bonds. The lowest BCUT2D eigenvalue weighted by Crippen LogP contribution is -2.62. The first-order valence-electron chi connectivity index (χ1n) is 28.0. The Hall–Kier alpha value is -6.07. The fourth-order valence-corrected chi connectivity index (χ4v) is 13.3. The number of aromatic nitrogens is 2. The van der Waals surface area contributed by atoms with Gasteiger partial charge < -0.3 is 29.8 Å². The normalized spacial score (nSPS) is 23.4. The Morgan fingerprint density at radius 2 is 1.46 bits per heavy atom. The van der Waals surface area contributed by atoms with Gasteiger partial charge in [-0.15, -0.1) is 0 Å². The van der Waals surface area contributed by atoms with E-state index < -0.39 is 34.9 Å². The summed E-state index contributed by atoms with van der Waals surface area (Å²) in [5.41, 5.74) is 0.849. The summed E-state index contributed by atoms with van der Waals surface area (Å²) in [6.45, 7) is 13.2. The second-order valence-corrected chi connectivity index (χ2v) is 23.7. The molecular weight excluding hydrogens is 969 g/mol. The molecule has 11 rings (SSSR count). The Kier molecular flexibility index (Phi) is 16.0. The first-order chi connectivity index (χ1) is 36.6. The van der Waals surface area contributed by atoms with Gasteiger partial charge in [0.15, 0.2) is 0 Å². The minimum Gasteiger partial charge on any atom is -0.342 e. The van der Waals surface area contributed by atoms with Crippen molar-refractivity contribution in [2.45, 2.75) is 109 Å². The molecule has 2 bridgehead atoms. The predicted octanol–water partition coefficient (Wildman–Crippen LogP) is 6.45. The van der Waals surface area contributed by atoms with Gasteiger partial charge in [0.05, 0.1) is 28.8 Å². The van der Waals surface area contributed by atoms with E-state index in [0.717, 1.165) is 96.9 Å². The van der Waals surface area contributed by atoms with Crippen molar-refractivity contribution in [3.63, 3.8) is 0 Å². The Balaban J connectivity index is 0.691. The highest BCUT2D eigenvalue weighted by molar-refractivity contribution is 5.98. The molecule has 17 heteroatoms. The lowest BCUT2D eigenvalue weighted by Gasteiger charge is -2.52. The third-order valence-corrected chi connectivity index (χ3v) is 17.6. The van der Waals surface area contributed by atoms with Gasteiger partial charge in [-0.3, -0.25) is 33.7 Å². The first kappa shape index (κ1) is 53.3. The summed E-state index contributed by atoms with van der Waals surface area (Å²) < 4.78 is 31.7. The Morgan fingerprint density at radius 3 is 2.18 bits per heavy atom. The molecule has 4 aromatic rings. The van der Waals surface area contributed by atoms with Gasteiger partial charge in [-0.1, -0.05) is 76.4 Å². The zero-order chi connectivity index (χ0) is 53.3. The number of H-pyrrole nitrogens is 1. The molecule has 6 heterocycles. The van der Waals surface area contributed by atoms with Crippen LogP contribution in [0.4, 0.5) is 8.78 Å². The molecule has 5 atom stereocenters. The summed E-state index contributed by atoms with van der Waals surface area (Å²) >= 11 is 0. The highest BCUT2D eigenvalue weighted by Gasteiger charge is 2.46. The molecule has 5 aliphatic heterocycles. The number of nitrogens with one attached hydrogen (secondary N) is 2. The van der Waals surface area contributed by atoms with Crippen LogP contribution in [0.2, 0.25) is 0 Å². The maximum Gasteiger partial charge on any atom is 0.272 e. The Labute approximate surface area is 444 Å². The van der Waals surface area contributed by atoms with Crippen molar-refractivity contribution in [1.82, 2.24) is 44.9 Å². The number of aromatic amines is 1. The van der Waals surface area contributed by atoms with E-state index >= 15 is 8.78 Å². The van der Waals surface area contributed by atoms with Crippen molar-refractivity contribution in [1.29, 1.82) is 0 Å².